The second kappa shape index (κ2) is 6.99. The van der Waals surface area contributed by atoms with Crippen molar-refractivity contribution < 1.29 is 14.7 Å². The number of amides is 2. The van der Waals surface area contributed by atoms with Crippen LogP contribution in [0, 0.1) is 12.3 Å². The molecule has 2 amide bonds. The molecule has 5 nitrogen and oxygen atoms in total. The first kappa shape index (κ1) is 13.6. The lowest BCUT2D eigenvalue weighted by Crippen LogP contribution is -2.32. The fraction of sp³-hybridized carbons (Fsp3) is 0.154. The van der Waals surface area contributed by atoms with Gasteiger partial charge in [0, 0.05) is 5.56 Å². The Labute approximate surface area is 105 Å². The number of nitrogens with zero attached hydrogens (tertiary/aromatic N) is 1. The molecule has 0 aliphatic rings. The average Bonchev–Trinajstić information content (AvgIpc) is 2.37. The molecular formula is C13H14N2O3. The van der Waals surface area contributed by atoms with Crippen LogP contribution < -0.4 is 10.5 Å². The van der Waals surface area contributed by atoms with Crippen molar-refractivity contribution >= 4 is 12.1 Å². The summed E-state index contributed by atoms with van der Waals surface area (Å²) in [6, 6.07) is 6.37. The van der Waals surface area contributed by atoms with Crippen molar-refractivity contribution in [3.05, 3.63) is 35.9 Å². The SMILES string of the molecule is C#CCOc1ccccc1C=CCN(O)C(N)=O. The molecule has 0 unspecified atom stereocenters. The fourth-order valence-electron chi connectivity index (χ4n) is 1.24. The van der Waals surface area contributed by atoms with E-state index in [4.69, 9.17) is 22.1 Å². The number of rotatable bonds is 5. The molecule has 1 aromatic rings. The monoisotopic (exact) mass is 246 g/mol. The number of para-hydroxylation sites is 1. The molecule has 0 saturated carbocycles. The molecule has 0 aliphatic carbocycles. The van der Waals surface area contributed by atoms with Crippen LogP contribution in [0.15, 0.2) is 30.3 Å². The van der Waals surface area contributed by atoms with Crippen LogP contribution in [-0.2, 0) is 0 Å². The highest BCUT2D eigenvalue weighted by atomic mass is 16.5. The molecule has 0 radical (unpaired) electrons. The summed E-state index contributed by atoms with van der Waals surface area (Å²) < 4.78 is 5.34. The molecule has 0 atom stereocenters. The van der Waals surface area contributed by atoms with Crippen LogP contribution in [0.1, 0.15) is 5.56 Å². The third-order valence-corrected chi connectivity index (χ3v) is 2.06. The largest absolute Gasteiger partial charge is 0.480 e. The number of terminal acetylenes is 1. The predicted octanol–water partition coefficient (Wildman–Crippen LogP) is 1.48. The zero-order valence-corrected chi connectivity index (χ0v) is 9.74. The molecule has 3 N–H and O–H groups in total. The molecule has 1 rings (SSSR count). The van der Waals surface area contributed by atoms with E-state index in [1.807, 2.05) is 18.2 Å². The second-order valence-corrected chi connectivity index (χ2v) is 3.35. The minimum absolute atomic E-state index is 0.00118. The van der Waals surface area contributed by atoms with Crippen molar-refractivity contribution in [3.63, 3.8) is 0 Å². The van der Waals surface area contributed by atoms with Gasteiger partial charge in [0.15, 0.2) is 0 Å². The molecule has 0 bridgehead atoms. The molecule has 1 aromatic carbocycles. The second-order valence-electron chi connectivity index (χ2n) is 3.35. The van der Waals surface area contributed by atoms with Gasteiger partial charge in [0.25, 0.3) is 0 Å². The van der Waals surface area contributed by atoms with Crippen molar-refractivity contribution in [1.29, 1.82) is 0 Å². The van der Waals surface area contributed by atoms with E-state index in [1.165, 1.54) is 0 Å². The number of hydrogen-bond acceptors (Lipinski definition) is 3. The summed E-state index contributed by atoms with van der Waals surface area (Å²) in [5.41, 5.74) is 5.66. The van der Waals surface area contributed by atoms with Gasteiger partial charge in [0.2, 0.25) is 0 Å². The van der Waals surface area contributed by atoms with E-state index in [0.29, 0.717) is 10.8 Å². The van der Waals surface area contributed by atoms with Gasteiger partial charge in [-0.05, 0) is 6.07 Å². The Kier molecular flexibility index (Phi) is 5.29. The van der Waals surface area contributed by atoms with Gasteiger partial charge in [-0.3, -0.25) is 5.21 Å². The van der Waals surface area contributed by atoms with Gasteiger partial charge in [0.05, 0.1) is 6.54 Å². The topological polar surface area (TPSA) is 75.8 Å². The van der Waals surface area contributed by atoms with Gasteiger partial charge < -0.3 is 10.5 Å². The van der Waals surface area contributed by atoms with E-state index >= 15 is 0 Å². The lowest BCUT2D eigenvalue weighted by Gasteiger charge is -2.09. The van der Waals surface area contributed by atoms with E-state index in [0.717, 1.165) is 5.56 Å². The maximum Gasteiger partial charge on any atom is 0.338 e. The highest BCUT2D eigenvalue weighted by Gasteiger charge is 2.02. The molecule has 0 spiro atoms. The summed E-state index contributed by atoms with van der Waals surface area (Å²) in [6.07, 6.45) is 8.41. The molecule has 0 saturated heterocycles. The highest BCUT2D eigenvalue weighted by Crippen LogP contribution is 2.19. The Morgan fingerprint density at radius 1 is 1.56 bits per heavy atom. The first-order valence-corrected chi connectivity index (χ1v) is 5.23. The van der Waals surface area contributed by atoms with Crippen LogP contribution in [0.3, 0.4) is 0 Å². The van der Waals surface area contributed by atoms with Gasteiger partial charge in [-0.25, -0.2) is 9.86 Å². The number of primary amides is 1. The predicted molar refractivity (Wildman–Crippen MR) is 67.9 cm³/mol. The molecular weight excluding hydrogens is 232 g/mol. The summed E-state index contributed by atoms with van der Waals surface area (Å²) in [4.78, 5) is 10.6. The number of carbonyl (C=O) groups is 1. The van der Waals surface area contributed by atoms with Crippen LogP contribution >= 0.6 is 0 Å². The normalized spacial score (nSPS) is 10.0. The number of hydrogen-bond donors (Lipinski definition) is 2. The molecule has 18 heavy (non-hydrogen) atoms. The van der Waals surface area contributed by atoms with Crippen LogP contribution in [0.25, 0.3) is 6.08 Å². The van der Waals surface area contributed by atoms with Crippen LogP contribution in [0.5, 0.6) is 5.75 Å². The van der Waals surface area contributed by atoms with Crippen LogP contribution in [0.2, 0.25) is 0 Å². The number of carbonyl (C=O) groups excluding carboxylic acids is 1. The molecule has 5 heteroatoms. The van der Waals surface area contributed by atoms with Gasteiger partial charge in [-0.15, -0.1) is 6.42 Å². The lowest BCUT2D eigenvalue weighted by molar-refractivity contribution is -0.0286. The summed E-state index contributed by atoms with van der Waals surface area (Å²) in [5.74, 6) is 3.01. The Bertz CT molecular complexity index is 477. The average molecular weight is 246 g/mol. The maximum absolute atomic E-state index is 10.6. The zero-order valence-electron chi connectivity index (χ0n) is 9.74. The van der Waals surface area contributed by atoms with Crippen molar-refractivity contribution in [1.82, 2.24) is 5.06 Å². The van der Waals surface area contributed by atoms with E-state index in [9.17, 15) is 4.79 Å². The number of nitrogens with two attached hydrogens (primary N) is 1. The number of hydroxylamine groups is 2. The number of ether oxygens (including phenoxy) is 1. The Morgan fingerprint density at radius 2 is 2.28 bits per heavy atom. The Balaban J connectivity index is 2.69. The van der Waals surface area contributed by atoms with Crippen molar-refractivity contribution in [2.75, 3.05) is 13.2 Å². The Hall–Kier alpha value is -2.45. The van der Waals surface area contributed by atoms with E-state index in [-0.39, 0.29) is 13.2 Å². The van der Waals surface area contributed by atoms with Gasteiger partial charge in [-0.1, -0.05) is 36.3 Å². The molecule has 94 valence electrons. The maximum atomic E-state index is 10.6. The summed E-state index contributed by atoms with van der Waals surface area (Å²) in [7, 11) is 0. The van der Waals surface area contributed by atoms with E-state index in [2.05, 4.69) is 5.92 Å². The van der Waals surface area contributed by atoms with Gasteiger partial charge in [-0.2, -0.15) is 0 Å². The minimum Gasteiger partial charge on any atom is -0.480 e. The van der Waals surface area contributed by atoms with Gasteiger partial charge >= 0.3 is 6.03 Å². The van der Waals surface area contributed by atoms with E-state index < -0.39 is 6.03 Å². The van der Waals surface area contributed by atoms with E-state index in [1.54, 1.807) is 18.2 Å². The standard InChI is InChI=1S/C13H14N2O3/c1-2-10-18-12-8-4-3-6-11(12)7-5-9-15(17)13(14)16/h1,3-8,17H,9-10H2,(H2,14,16). The lowest BCUT2D eigenvalue weighted by atomic mass is 10.2. The summed E-state index contributed by atoms with van der Waals surface area (Å²) in [5, 5.41) is 9.47. The number of urea groups is 1. The Morgan fingerprint density at radius 3 is 2.94 bits per heavy atom. The highest BCUT2D eigenvalue weighted by molar-refractivity contribution is 5.71. The minimum atomic E-state index is -0.906. The molecule has 0 aliphatic heterocycles. The third kappa shape index (κ3) is 4.20. The smallest absolute Gasteiger partial charge is 0.338 e. The third-order valence-electron chi connectivity index (χ3n) is 2.06. The summed E-state index contributed by atoms with van der Waals surface area (Å²) in [6.45, 7) is 0.178. The molecule has 0 fully saturated rings. The zero-order chi connectivity index (χ0) is 13.4. The fourth-order valence-corrected chi connectivity index (χ4v) is 1.24. The first-order chi connectivity index (χ1) is 8.65. The number of benzene rings is 1. The quantitative estimate of drug-likeness (QED) is 0.469. The van der Waals surface area contributed by atoms with Crippen LogP contribution in [-0.4, -0.2) is 29.5 Å². The van der Waals surface area contributed by atoms with Crippen LogP contribution in [0.4, 0.5) is 4.79 Å². The first-order valence-electron chi connectivity index (χ1n) is 5.23. The van der Waals surface area contributed by atoms with Crippen molar-refractivity contribution in [2.45, 2.75) is 0 Å². The van der Waals surface area contributed by atoms with Crippen molar-refractivity contribution in [3.8, 4) is 18.1 Å². The molecule has 0 heterocycles. The van der Waals surface area contributed by atoms with Crippen molar-refractivity contribution in [2.24, 2.45) is 5.73 Å². The van der Waals surface area contributed by atoms with Gasteiger partial charge in [0.1, 0.15) is 12.4 Å². The molecule has 0 aromatic heterocycles. The summed E-state index contributed by atoms with van der Waals surface area (Å²) >= 11 is 0.